The first kappa shape index (κ1) is 33.6. The van der Waals surface area contributed by atoms with E-state index >= 15 is 0 Å². The van der Waals surface area contributed by atoms with Crippen LogP contribution in [0, 0.1) is 5.92 Å². The fourth-order valence-electron chi connectivity index (χ4n) is 5.15. The third-order valence-corrected chi connectivity index (χ3v) is 7.71. The number of carbonyl (C=O) groups is 1. The fourth-order valence-corrected chi connectivity index (χ4v) is 5.15. The summed E-state index contributed by atoms with van der Waals surface area (Å²) in [5.41, 5.74) is 1.02. The van der Waals surface area contributed by atoms with E-state index in [1.807, 2.05) is 0 Å². The van der Waals surface area contributed by atoms with Crippen LogP contribution in [0.15, 0.2) is 42.5 Å². The highest BCUT2D eigenvalue weighted by Gasteiger charge is 2.51. The van der Waals surface area contributed by atoms with Gasteiger partial charge in [0.2, 0.25) is 0 Å². The molecule has 10 atom stereocenters. The highest BCUT2D eigenvalue weighted by molar-refractivity contribution is 5.93. The lowest BCUT2D eigenvalue weighted by atomic mass is 9.84. The Morgan fingerprint density at radius 1 is 0.841 bits per heavy atom. The van der Waals surface area contributed by atoms with E-state index in [-0.39, 0.29) is 42.4 Å². The quantitative estimate of drug-likeness (QED) is 0.115. The molecule has 14 nitrogen and oxygen atoms in total. The van der Waals surface area contributed by atoms with E-state index in [4.69, 9.17) is 18.9 Å². The minimum absolute atomic E-state index is 0.0346. The number of allylic oxidation sites excluding steroid dienone is 1. The zero-order chi connectivity index (χ0) is 32.1. The van der Waals surface area contributed by atoms with E-state index < -0.39 is 73.6 Å². The number of hydrogen-bond donors (Lipinski definition) is 9. The summed E-state index contributed by atoms with van der Waals surface area (Å²) >= 11 is 0. The van der Waals surface area contributed by atoms with Crippen LogP contribution in [-0.2, 0) is 30.2 Å². The van der Waals surface area contributed by atoms with Crippen LogP contribution in [0.25, 0.3) is 6.08 Å². The molecule has 2 aliphatic heterocycles. The molecule has 9 N–H and O–H groups in total. The number of phenolic OH excluding ortho intramolecular Hbond substituents is 4. The van der Waals surface area contributed by atoms with Crippen molar-refractivity contribution in [2.75, 3.05) is 13.2 Å². The Morgan fingerprint density at radius 3 is 2.18 bits per heavy atom. The van der Waals surface area contributed by atoms with Crippen LogP contribution < -0.4 is 0 Å². The lowest BCUT2D eigenvalue weighted by Gasteiger charge is -2.47. The first-order valence-corrected chi connectivity index (χ1v) is 14.0. The third-order valence-electron chi connectivity index (χ3n) is 7.71. The number of phenols is 4. The van der Waals surface area contributed by atoms with E-state index in [1.165, 1.54) is 49.4 Å². The lowest BCUT2D eigenvalue weighted by molar-refractivity contribution is -0.351. The summed E-state index contributed by atoms with van der Waals surface area (Å²) in [5.74, 6) is -2.80. The zero-order valence-electron chi connectivity index (χ0n) is 23.8. The Bertz CT molecular complexity index is 1300. The first-order valence-electron chi connectivity index (χ1n) is 14.0. The first-order chi connectivity index (χ1) is 20.9. The predicted molar refractivity (Wildman–Crippen MR) is 150 cm³/mol. The molecule has 2 heterocycles. The average molecular weight is 623 g/mol. The summed E-state index contributed by atoms with van der Waals surface area (Å²) in [7, 11) is 0. The van der Waals surface area contributed by atoms with Gasteiger partial charge in [0.05, 0.1) is 31.5 Å². The van der Waals surface area contributed by atoms with Crippen LogP contribution in [0.1, 0.15) is 24.5 Å². The van der Waals surface area contributed by atoms with Crippen LogP contribution in [0.3, 0.4) is 0 Å². The van der Waals surface area contributed by atoms with Crippen molar-refractivity contribution in [3.8, 4) is 23.0 Å². The third kappa shape index (κ3) is 7.85. The van der Waals surface area contributed by atoms with E-state index in [2.05, 4.69) is 0 Å². The second-order valence-electron chi connectivity index (χ2n) is 10.9. The topological polar surface area (TPSA) is 236 Å². The molecule has 2 aromatic carbocycles. The summed E-state index contributed by atoms with van der Waals surface area (Å²) in [6, 6.07) is 8.19. The van der Waals surface area contributed by atoms with Gasteiger partial charge in [-0.2, -0.15) is 0 Å². The highest BCUT2D eigenvalue weighted by atomic mass is 16.7. The van der Waals surface area contributed by atoms with E-state index in [0.29, 0.717) is 11.1 Å². The van der Waals surface area contributed by atoms with Gasteiger partial charge in [-0.15, -0.1) is 0 Å². The van der Waals surface area contributed by atoms with Gasteiger partial charge in [-0.25, -0.2) is 0 Å². The van der Waals surface area contributed by atoms with Crippen molar-refractivity contribution in [1.29, 1.82) is 0 Å². The molecule has 2 aromatic rings. The number of rotatable bonds is 11. The number of carbonyl (C=O) groups excluding carboxylic acids is 1. The largest absolute Gasteiger partial charge is 0.504 e. The van der Waals surface area contributed by atoms with Gasteiger partial charge < -0.3 is 64.9 Å². The van der Waals surface area contributed by atoms with Crippen LogP contribution in [0.5, 0.6) is 23.0 Å². The number of ether oxygens (including phenoxy) is 4. The van der Waals surface area contributed by atoms with Crippen LogP contribution in [0.4, 0.5) is 0 Å². The lowest BCUT2D eigenvalue weighted by Crippen LogP contribution is -2.62. The van der Waals surface area contributed by atoms with Gasteiger partial charge in [0.15, 0.2) is 41.4 Å². The second kappa shape index (κ2) is 14.6. The minimum Gasteiger partial charge on any atom is -0.504 e. The Kier molecular flexibility index (Phi) is 11.2. The summed E-state index contributed by atoms with van der Waals surface area (Å²) in [4.78, 5) is 13.0. The summed E-state index contributed by atoms with van der Waals surface area (Å²) in [5, 5.41) is 90.9. The maximum Gasteiger partial charge on any atom is 0.186 e. The Morgan fingerprint density at radius 2 is 1.52 bits per heavy atom. The molecule has 14 heteroatoms. The summed E-state index contributed by atoms with van der Waals surface area (Å²) < 4.78 is 23.1. The molecule has 0 amide bonds. The van der Waals surface area contributed by atoms with E-state index in [1.54, 1.807) is 6.07 Å². The molecule has 0 saturated carbocycles. The molecule has 0 bridgehead atoms. The van der Waals surface area contributed by atoms with Crippen molar-refractivity contribution < 1.29 is 69.7 Å². The predicted octanol–water partition coefficient (Wildman–Crippen LogP) is -0.352. The summed E-state index contributed by atoms with van der Waals surface area (Å²) in [6.07, 6.45) is -10.1. The Balaban J connectivity index is 1.52. The van der Waals surface area contributed by atoms with Crippen LogP contribution in [0.2, 0.25) is 0 Å². The molecule has 0 unspecified atom stereocenters. The number of hydrogen-bond acceptors (Lipinski definition) is 14. The van der Waals surface area contributed by atoms with E-state index in [9.17, 15) is 50.8 Å². The molecule has 44 heavy (non-hydrogen) atoms. The fraction of sp³-hybridized carbons (Fsp3) is 0.500. The van der Waals surface area contributed by atoms with Crippen molar-refractivity contribution in [3.63, 3.8) is 0 Å². The molecule has 2 saturated heterocycles. The number of aliphatic hydroxyl groups excluding tert-OH is 5. The molecular weight excluding hydrogens is 584 g/mol. The highest BCUT2D eigenvalue weighted by Crippen LogP contribution is 2.35. The van der Waals surface area contributed by atoms with Gasteiger partial charge in [-0.3, -0.25) is 4.79 Å². The number of benzene rings is 2. The molecule has 0 radical (unpaired) electrons. The standard InChI is InChI=1S/C30H38O14/c1-14-24(37)25(38)26(39)30(42-14)44-28-18(12-17(32)5-2-15-3-6-19(33)21(35)10-15)23(13-31)43-29(27(28)40)41-9-8-16-4-7-20(34)22(36)11-16/h2-7,10-11,14,18,23-31,33-40H,8-9,12-13H2,1H3/b5-2+/t14-,18+,23+,24-,25+,26-,27+,28-,29+,30+/m1/s1. The van der Waals surface area contributed by atoms with Crippen LogP contribution >= 0.6 is 0 Å². The Hall–Kier alpha value is -3.31. The molecule has 2 fully saturated rings. The second-order valence-corrected chi connectivity index (χ2v) is 10.9. The monoisotopic (exact) mass is 622 g/mol. The van der Waals surface area contributed by atoms with Gasteiger partial charge in [0.25, 0.3) is 0 Å². The molecule has 0 aromatic heterocycles. The smallest absolute Gasteiger partial charge is 0.186 e. The Labute approximate surface area is 252 Å². The molecule has 4 rings (SSSR count). The zero-order valence-corrected chi connectivity index (χ0v) is 23.8. The maximum absolute atomic E-state index is 13.0. The van der Waals surface area contributed by atoms with Crippen molar-refractivity contribution in [3.05, 3.63) is 53.6 Å². The SMILES string of the molecule is C[C@H]1O[C@@H](O[C@H]2[C@H](O)[C@@H](OCCc3ccc(O)c(O)c3)O[C@@H](CO)[C@@H]2CC(=O)/C=C/c2ccc(O)c(O)c2)[C@H](O)[C@@H](O)[C@@H]1O. The maximum atomic E-state index is 13.0. The number of aromatic hydroxyl groups is 4. The van der Waals surface area contributed by atoms with Crippen molar-refractivity contribution in [2.24, 2.45) is 5.92 Å². The van der Waals surface area contributed by atoms with Gasteiger partial charge in [0.1, 0.15) is 24.4 Å². The van der Waals surface area contributed by atoms with Gasteiger partial charge in [-0.1, -0.05) is 18.2 Å². The number of ketones is 1. The van der Waals surface area contributed by atoms with Gasteiger partial charge in [0, 0.05) is 12.3 Å². The number of aliphatic hydroxyl groups is 5. The van der Waals surface area contributed by atoms with Crippen molar-refractivity contribution in [1.82, 2.24) is 0 Å². The van der Waals surface area contributed by atoms with Crippen LogP contribution in [-0.4, -0.2) is 120 Å². The molecule has 2 aliphatic rings. The normalized spacial score (nSPS) is 32.6. The molecular formula is C30H38O14. The molecule has 0 spiro atoms. The van der Waals surface area contributed by atoms with E-state index in [0.717, 1.165) is 0 Å². The average Bonchev–Trinajstić information content (AvgIpc) is 2.99. The molecule has 242 valence electrons. The van der Waals surface area contributed by atoms with Crippen molar-refractivity contribution in [2.45, 2.75) is 75.1 Å². The van der Waals surface area contributed by atoms with Gasteiger partial charge in [-0.05, 0) is 54.8 Å². The minimum atomic E-state index is -1.72. The van der Waals surface area contributed by atoms with Gasteiger partial charge >= 0.3 is 0 Å². The summed E-state index contributed by atoms with van der Waals surface area (Å²) in [6.45, 7) is 0.803. The molecule has 0 aliphatic carbocycles. The van der Waals surface area contributed by atoms with Crippen molar-refractivity contribution >= 4 is 11.9 Å².